The van der Waals surface area contributed by atoms with Crippen LogP contribution in [0, 0.1) is 6.92 Å². The summed E-state index contributed by atoms with van der Waals surface area (Å²) in [6.07, 6.45) is 4.28. The lowest BCUT2D eigenvalue weighted by Crippen LogP contribution is -2.49. The molecule has 0 spiro atoms. The van der Waals surface area contributed by atoms with Crippen molar-refractivity contribution in [2.24, 2.45) is 0 Å². The minimum atomic E-state index is -0.0152. The summed E-state index contributed by atoms with van der Waals surface area (Å²) in [7, 11) is 0. The molecule has 0 saturated carbocycles. The largest absolute Gasteiger partial charge is 0.338 e. The molecule has 0 aliphatic carbocycles. The number of anilines is 1. The molecule has 23 heavy (non-hydrogen) atoms. The molecule has 1 aromatic heterocycles. The topological polar surface area (TPSA) is 65.5 Å². The van der Waals surface area contributed by atoms with Gasteiger partial charge in [0.25, 0.3) is 0 Å². The maximum Gasteiger partial charge on any atom is 0.240 e. The Balaban J connectivity index is 1.60. The first kappa shape index (κ1) is 16.4. The Morgan fingerprint density at radius 1 is 1.30 bits per heavy atom. The van der Waals surface area contributed by atoms with E-state index >= 15 is 0 Å². The van der Waals surface area contributed by atoms with Crippen LogP contribution in [0.2, 0.25) is 0 Å². The minimum absolute atomic E-state index is 0.0152. The highest BCUT2D eigenvalue weighted by Gasteiger charge is 2.39. The fraction of sp³-hybridized carbons (Fsp3) is 0.688. The number of likely N-dealkylation sites (tertiary alicyclic amines) is 2. The normalized spacial score (nSPS) is 25.0. The first-order valence-electron chi connectivity index (χ1n) is 8.28. The summed E-state index contributed by atoms with van der Waals surface area (Å²) in [5, 5.41) is 5.47. The average molecular weight is 336 g/mol. The van der Waals surface area contributed by atoms with Gasteiger partial charge in [0.05, 0.1) is 12.2 Å². The second-order valence-corrected chi connectivity index (χ2v) is 7.30. The highest BCUT2D eigenvalue weighted by molar-refractivity contribution is 7.13. The van der Waals surface area contributed by atoms with Gasteiger partial charge in [0, 0.05) is 30.9 Å². The summed E-state index contributed by atoms with van der Waals surface area (Å²) < 4.78 is 0. The van der Waals surface area contributed by atoms with Crippen molar-refractivity contribution in [1.29, 1.82) is 0 Å². The van der Waals surface area contributed by atoms with E-state index in [0.717, 1.165) is 44.5 Å². The second kappa shape index (κ2) is 6.97. The van der Waals surface area contributed by atoms with Crippen LogP contribution in [0.25, 0.3) is 0 Å². The Morgan fingerprint density at radius 3 is 2.74 bits per heavy atom. The summed E-state index contributed by atoms with van der Waals surface area (Å²) in [6.45, 7) is 5.73. The zero-order valence-electron chi connectivity index (χ0n) is 13.7. The number of carbonyl (C=O) groups excluding carboxylic acids is 2. The van der Waals surface area contributed by atoms with Crippen LogP contribution in [0.3, 0.4) is 0 Å². The van der Waals surface area contributed by atoms with Gasteiger partial charge in [-0.15, -0.1) is 11.3 Å². The maximum atomic E-state index is 12.3. The molecule has 1 aromatic rings. The number of amides is 2. The summed E-state index contributed by atoms with van der Waals surface area (Å²) in [4.78, 5) is 32.6. The van der Waals surface area contributed by atoms with Crippen molar-refractivity contribution in [2.45, 2.75) is 51.6 Å². The quantitative estimate of drug-likeness (QED) is 0.911. The first-order valence-corrected chi connectivity index (χ1v) is 9.16. The molecule has 2 fully saturated rings. The van der Waals surface area contributed by atoms with E-state index < -0.39 is 0 Å². The number of rotatable bonds is 4. The van der Waals surface area contributed by atoms with Crippen LogP contribution in [0.4, 0.5) is 5.13 Å². The van der Waals surface area contributed by atoms with Gasteiger partial charge in [-0.25, -0.2) is 4.98 Å². The fourth-order valence-corrected chi connectivity index (χ4v) is 4.53. The van der Waals surface area contributed by atoms with Crippen molar-refractivity contribution in [2.75, 3.05) is 25.0 Å². The minimum Gasteiger partial charge on any atom is -0.338 e. The SMILES string of the molecule is CC(=O)N1CCC[C@H]1[C@@H]1CCCN1CC(=O)Nc1nc(C)cs1. The van der Waals surface area contributed by atoms with E-state index in [0.29, 0.717) is 17.7 Å². The first-order chi connectivity index (χ1) is 11.0. The zero-order valence-corrected chi connectivity index (χ0v) is 14.6. The third kappa shape index (κ3) is 3.72. The third-order valence-corrected chi connectivity index (χ3v) is 5.65. The molecule has 2 saturated heterocycles. The van der Waals surface area contributed by atoms with Crippen molar-refractivity contribution in [3.8, 4) is 0 Å². The smallest absolute Gasteiger partial charge is 0.240 e. The molecule has 0 unspecified atom stereocenters. The van der Waals surface area contributed by atoms with E-state index in [1.807, 2.05) is 17.2 Å². The molecule has 2 amide bonds. The maximum absolute atomic E-state index is 12.3. The lowest BCUT2D eigenvalue weighted by Gasteiger charge is -2.34. The molecular weight excluding hydrogens is 312 g/mol. The van der Waals surface area contributed by atoms with Crippen molar-refractivity contribution in [1.82, 2.24) is 14.8 Å². The van der Waals surface area contributed by atoms with Crippen molar-refractivity contribution < 1.29 is 9.59 Å². The Kier molecular flexibility index (Phi) is 4.96. The zero-order chi connectivity index (χ0) is 16.4. The van der Waals surface area contributed by atoms with E-state index in [2.05, 4.69) is 15.2 Å². The molecule has 2 aliphatic rings. The highest BCUT2D eigenvalue weighted by atomic mass is 32.1. The number of aromatic nitrogens is 1. The van der Waals surface area contributed by atoms with Gasteiger partial charge in [-0.1, -0.05) is 0 Å². The molecular formula is C16H24N4O2S. The Hall–Kier alpha value is -1.47. The van der Waals surface area contributed by atoms with Gasteiger partial charge >= 0.3 is 0 Å². The Bertz CT molecular complexity index is 588. The van der Waals surface area contributed by atoms with E-state index in [1.165, 1.54) is 11.3 Å². The van der Waals surface area contributed by atoms with E-state index in [1.54, 1.807) is 6.92 Å². The van der Waals surface area contributed by atoms with Gasteiger partial charge in [0.15, 0.2) is 5.13 Å². The number of hydrogen-bond donors (Lipinski definition) is 1. The fourth-order valence-electron chi connectivity index (χ4n) is 3.82. The number of aryl methyl sites for hydroxylation is 1. The Morgan fingerprint density at radius 2 is 2.04 bits per heavy atom. The molecule has 3 heterocycles. The van der Waals surface area contributed by atoms with Crippen LogP contribution in [-0.4, -0.2) is 58.3 Å². The molecule has 3 rings (SSSR count). The van der Waals surface area contributed by atoms with Gasteiger partial charge in [-0.05, 0) is 39.2 Å². The van der Waals surface area contributed by atoms with E-state index in [-0.39, 0.29) is 17.9 Å². The number of nitrogens with one attached hydrogen (secondary N) is 1. The molecule has 126 valence electrons. The predicted octanol–water partition coefficient (Wildman–Crippen LogP) is 1.87. The van der Waals surface area contributed by atoms with Crippen molar-refractivity contribution in [3.05, 3.63) is 11.1 Å². The van der Waals surface area contributed by atoms with Gasteiger partial charge in [-0.2, -0.15) is 0 Å². The van der Waals surface area contributed by atoms with Crippen LogP contribution in [0.15, 0.2) is 5.38 Å². The molecule has 7 heteroatoms. The molecule has 6 nitrogen and oxygen atoms in total. The van der Waals surface area contributed by atoms with Gasteiger partial charge in [0.1, 0.15) is 0 Å². The molecule has 2 aliphatic heterocycles. The second-order valence-electron chi connectivity index (χ2n) is 6.44. The summed E-state index contributed by atoms with van der Waals surface area (Å²) in [5.41, 5.74) is 0.924. The van der Waals surface area contributed by atoms with Crippen LogP contribution in [0.1, 0.15) is 38.3 Å². The third-order valence-electron chi connectivity index (χ3n) is 4.77. The number of carbonyl (C=O) groups is 2. The molecule has 0 radical (unpaired) electrons. The average Bonchev–Trinajstić information content (AvgIpc) is 3.18. The Labute approximate surface area is 140 Å². The molecule has 0 aromatic carbocycles. The molecule has 1 N–H and O–H groups in total. The van der Waals surface area contributed by atoms with Crippen LogP contribution in [0.5, 0.6) is 0 Å². The van der Waals surface area contributed by atoms with Gasteiger partial charge in [0.2, 0.25) is 11.8 Å². The highest BCUT2D eigenvalue weighted by Crippen LogP contribution is 2.30. The molecule has 0 bridgehead atoms. The van der Waals surface area contributed by atoms with Crippen molar-refractivity contribution >= 4 is 28.3 Å². The lowest BCUT2D eigenvalue weighted by atomic mass is 10.0. The van der Waals surface area contributed by atoms with Crippen LogP contribution in [-0.2, 0) is 9.59 Å². The van der Waals surface area contributed by atoms with Gasteiger partial charge in [-0.3, -0.25) is 14.5 Å². The van der Waals surface area contributed by atoms with Crippen LogP contribution >= 0.6 is 11.3 Å². The van der Waals surface area contributed by atoms with Crippen LogP contribution < -0.4 is 5.32 Å². The monoisotopic (exact) mass is 336 g/mol. The van der Waals surface area contributed by atoms with Crippen molar-refractivity contribution in [3.63, 3.8) is 0 Å². The van der Waals surface area contributed by atoms with Gasteiger partial charge < -0.3 is 10.2 Å². The number of hydrogen-bond acceptors (Lipinski definition) is 5. The molecule has 2 atom stereocenters. The summed E-state index contributed by atoms with van der Waals surface area (Å²) in [6, 6.07) is 0.579. The number of nitrogens with zero attached hydrogens (tertiary/aromatic N) is 3. The standard InChI is InChI=1S/C16H24N4O2S/c1-11-10-23-16(17-11)18-15(22)9-19-7-3-5-13(19)14-6-4-8-20(14)12(2)21/h10,13-14H,3-9H2,1-2H3,(H,17,18,22)/t13-,14-/m0/s1. The summed E-state index contributed by atoms with van der Waals surface area (Å²) in [5.74, 6) is 0.140. The summed E-state index contributed by atoms with van der Waals surface area (Å²) >= 11 is 1.45. The van der Waals surface area contributed by atoms with E-state index in [9.17, 15) is 9.59 Å². The lowest BCUT2D eigenvalue weighted by molar-refractivity contribution is -0.130. The number of thiazole rings is 1. The predicted molar refractivity (Wildman–Crippen MR) is 90.5 cm³/mol. The van der Waals surface area contributed by atoms with E-state index in [4.69, 9.17) is 0 Å².